The molecular formula is C14H18O5. The molecule has 0 aromatic heterocycles. The van der Waals surface area contributed by atoms with Crippen molar-refractivity contribution < 1.29 is 24.2 Å². The number of benzene rings is 1. The minimum atomic E-state index is -0.987. The Morgan fingerprint density at radius 3 is 2.05 bits per heavy atom. The van der Waals surface area contributed by atoms with Crippen molar-refractivity contribution in [3.05, 3.63) is 35.4 Å². The van der Waals surface area contributed by atoms with Gasteiger partial charge in [0.05, 0.1) is 5.56 Å². The van der Waals surface area contributed by atoms with E-state index >= 15 is 0 Å². The van der Waals surface area contributed by atoms with Gasteiger partial charge in [-0.05, 0) is 31.5 Å². The van der Waals surface area contributed by atoms with Gasteiger partial charge in [-0.25, -0.2) is 4.79 Å². The third-order valence-corrected chi connectivity index (χ3v) is 2.48. The first-order valence-electron chi connectivity index (χ1n) is 6.16. The number of carboxylic acids is 1. The lowest BCUT2D eigenvalue weighted by Crippen LogP contribution is -2.29. The number of Topliss-reactive ketones (excluding diaryl/α,β-unsaturated/α-hetero) is 1. The molecular weight excluding hydrogens is 248 g/mol. The standard InChI is InChI=1S/C14H18O5/c1-3-18-14(19-4-2)12(15)9-10-5-7-11(8-6-10)13(16)17/h5-8,14H,3-4,9H2,1-2H3,(H,16,17). The Morgan fingerprint density at radius 1 is 1.11 bits per heavy atom. The Labute approximate surface area is 112 Å². The number of ketones is 1. The first kappa shape index (κ1) is 15.3. The van der Waals surface area contributed by atoms with Gasteiger partial charge in [0.1, 0.15) is 0 Å². The van der Waals surface area contributed by atoms with Crippen LogP contribution in [0.5, 0.6) is 0 Å². The Hall–Kier alpha value is -1.72. The van der Waals surface area contributed by atoms with Crippen LogP contribution in [0.1, 0.15) is 29.8 Å². The van der Waals surface area contributed by atoms with Crippen molar-refractivity contribution in [2.75, 3.05) is 13.2 Å². The Bertz CT molecular complexity index is 418. The summed E-state index contributed by atoms with van der Waals surface area (Å²) in [6.07, 6.45) is -0.695. The van der Waals surface area contributed by atoms with E-state index in [0.29, 0.717) is 13.2 Å². The minimum Gasteiger partial charge on any atom is -0.478 e. The fourth-order valence-corrected chi connectivity index (χ4v) is 1.59. The molecule has 0 heterocycles. The van der Waals surface area contributed by atoms with Crippen molar-refractivity contribution in [2.24, 2.45) is 0 Å². The molecule has 0 radical (unpaired) electrons. The van der Waals surface area contributed by atoms with Gasteiger partial charge in [-0.15, -0.1) is 0 Å². The third kappa shape index (κ3) is 4.81. The number of ether oxygens (including phenoxy) is 2. The van der Waals surface area contributed by atoms with Gasteiger partial charge in [-0.1, -0.05) is 12.1 Å². The molecule has 1 rings (SSSR count). The van der Waals surface area contributed by atoms with Crippen LogP contribution in [-0.4, -0.2) is 36.4 Å². The molecule has 5 nitrogen and oxygen atoms in total. The van der Waals surface area contributed by atoms with Gasteiger partial charge < -0.3 is 14.6 Å². The highest BCUT2D eigenvalue weighted by molar-refractivity contribution is 5.88. The molecule has 0 aliphatic rings. The number of carbonyl (C=O) groups excluding carboxylic acids is 1. The summed E-state index contributed by atoms with van der Waals surface area (Å²) < 4.78 is 10.4. The molecule has 0 fully saturated rings. The summed E-state index contributed by atoms with van der Waals surface area (Å²) in [5.74, 6) is -1.16. The van der Waals surface area contributed by atoms with Gasteiger partial charge in [0.25, 0.3) is 0 Å². The van der Waals surface area contributed by atoms with Crippen LogP contribution in [0.25, 0.3) is 0 Å². The Morgan fingerprint density at radius 2 is 1.63 bits per heavy atom. The summed E-state index contributed by atoms with van der Waals surface area (Å²) in [7, 11) is 0. The Balaban J connectivity index is 2.66. The van der Waals surface area contributed by atoms with Crippen LogP contribution >= 0.6 is 0 Å². The lowest BCUT2D eigenvalue weighted by Gasteiger charge is -2.15. The molecule has 0 aliphatic carbocycles. The zero-order valence-electron chi connectivity index (χ0n) is 11.1. The molecule has 0 bridgehead atoms. The minimum absolute atomic E-state index is 0.157. The predicted molar refractivity (Wildman–Crippen MR) is 69.2 cm³/mol. The summed E-state index contributed by atoms with van der Waals surface area (Å²) in [6, 6.07) is 6.19. The predicted octanol–water partition coefficient (Wildman–Crippen LogP) is 1.90. The van der Waals surface area contributed by atoms with Crippen molar-refractivity contribution in [2.45, 2.75) is 26.6 Å². The van der Waals surface area contributed by atoms with Gasteiger partial charge in [0.2, 0.25) is 6.29 Å². The first-order chi connectivity index (χ1) is 9.08. The van der Waals surface area contributed by atoms with E-state index in [9.17, 15) is 9.59 Å². The van der Waals surface area contributed by atoms with Crippen molar-refractivity contribution in [1.29, 1.82) is 0 Å². The molecule has 0 amide bonds. The average Bonchev–Trinajstić information content (AvgIpc) is 2.39. The molecule has 0 unspecified atom stereocenters. The molecule has 0 saturated carbocycles. The molecule has 0 atom stereocenters. The van der Waals surface area contributed by atoms with E-state index in [-0.39, 0.29) is 17.8 Å². The molecule has 104 valence electrons. The van der Waals surface area contributed by atoms with E-state index in [1.807, 2.05) is 0 Å². The number of carbonyl (C=O) groups is 2. The molecule has 0 saturated heterocycles. The fraction of sp³-hybridized carbons (Fsp3) is 0.429. The molecule has 1 aromatic carbocycles. The van der Waals surface area contributed by atoms with Crippen LogP contribution in [0.15, 0.2) is 24.3 Å². The van der Waals surface area contributed by atoms with Crippen LogP contribution in [-0.2, 0) is 20.7 Å². The summed E-state index contributed by atoms with van der Waals surface area (Å²) in [5, 5.41) is 8.78. The van der Waals surface area contributed by atoms with Crippen LogP contribution in [0.2, 0.25) is 0 Å². The number of aromatic carboxylic acids is 1. The first-order valence-corrected chi connectivity index (χ1v) is 6.16. The maximum atomic E-state index is 11.9. The third-order valence-electron chi connectivity index (χ3n) is 2.48. The average molecular weight is 266 g/mol. The van der Waals surface area contributed by atoms with Crippen molar-refractivity contribution in [3.63, 3.8) is 0 Å². The zero-order chi connectivity index (χ0) is 14.3. The van der Waals surface area contributed by atoms with Crippen LogP contribution in [0.3, 0.4) is 0 Å². The van der Waals surface area contributed by atoms with E-state index in [1.165, 1.54) is 12.1 Å². The molecule has 0 aliphatic heterocycles. The van der Waals surface area contributed by atoms with Crippen molar-refractivity contribution in [3.8, 4) is 0 Å². The summed E-state index contributed by atoms with van der Waals surface area (Å²) in [6.45, 7) is 4.38. The van der Waals surface area contributed by atoms with Gasteiger partial charge in [0, 0.05) is 19.6 Å². The maximum Gasteiger partial charge on any atom is 0.335 e. The van der Waals surface area contributed by atoms with Gasteiger partial charge >= 0.3 is 5.97 Å². The topological polar surface area (TPSA) is 72.8 Å². The second-order valence-corrected chi connectivity index (χ2v) is 3.89. The highest BCUT2D eigenvalue weighted by Gasteiger charge is 2.18. The Kier molecular flexibility index (Phi) is 6.18. The highest BCUT2D eigenvalue weighted by atomic mass is 16.7. The molecule has 19 heavy (non-hydrogen) atoms. The van der Waals surface area contributed by atoms with Crippen molar-refractivity contribution >= 4 is 11.8 Å². The van der Waals surface area contributed by atoms with Crippen LogP contribution < -0.4 is 0 Å². The van der Waals surface area contributed by atoms with Crippen LogP contribution in [0, 0.1) is 0 Å². The quantitative estimate of drug-likeness (QED) is 0.727. The van der Waals surface area contributed by atoms with E-state index in [4.69, 9.17) is 14.6 Å². The number of hydrogen-bond acceptors (Lipinski definition) is 4. The SMILES string of the molecule is CCOC(OCC)C(=O)Cc1ccc(C(=O)O)cc1. The van der Waals surface area contributed by atoms with E-state index in [1.54, 1.807) is 26.0 Å². The summed E-state index contributed by atoms with van der Waals surface area (Å²) >= 11 is 0. The monoisotopic (exact) mass is 266 g/mol. The second kappa shape index (κ2) is 7.66. The smallest absolute Gasteiger partial charge is 0.335 e. The molecule has 1 N–H and O–H groups in total. The normalized spacial score (nSPS) is 10.7. The van der Waals surface area contributed by atoms with Gasteiger partial charge in [-0.2, -0.15) is 0 Å². The van der Waals surface area contributed by atoms with E-state index < -0.39 is 12.3 Å². The number of hydrogen-bond donors (Lipinski definition) is 1. The van der Waals surface area contributed by atoms with Gasteiger partial charge in [0.15, 0.2) is 5.78 Å². The molecule has 1 aromatic rings. The van der Waals surface area contributed by atoms with Crippen molar-refractivity contribution in [1.82, 2.24) is 0 Å². The van der Waals surface area contributed by atoms with Gasteiger partial charge in [-0.3, -0.25) is 4.79 Å². The van der Waals surface area contributed by atoms with E-state index in [0.717, 1.165) is 5.56 Å². The number of rotatable bonds is 8. The lowest BCUT2D eigenvalue weighted by atomic mass is 10.1. The molecule has 5 heteroatoms. The van der Waals surface area contributed by atoms with Crippen LogP contribution in [0.4, 0.5) is 0 Å². The van der Waals surface area contributed by atoms with E-state index in [2.05, 4.69) is 0 Å². The lowest BCUT2D eigenvalue weighted by molar-refractivity contribution is -0.167. The summed E-state index contributed by atoms with van der Waals surface area (Å²) in [4.78, 5) is 22.7. The second-order valence-electron chi connectivity index (χ2n) is 3.89. The molecule has 0 spiro atoms. The summed E-state index contributed by atoms with van der Waals surface area (Å²) in [5.41, 5.74) is 0.932. The largest absolute Gasteiger partial charge is 0.478 e. The number of carboxylic acid groups (broad SMARTS) is 1. The zero-order valence-corrected chi connectivity index (χ0v) is 11.1. The fourth-order valence-electron chi connectivity index (χ4n) is 1.59. The maximum absolute atomic E-state index is 11.9. The highest BCUT2D eigenvalue weighted by Crippen LogP contribution is 2.08.